The number of hydrazine groups is 1. The molecule has 1 amide bonds. The van der Waals surface area contributed by atoms with Crippen LogP contribution < -0.4 is 11.3 Å². The third-order valence-electron chi connectivity index (χ3n) is 3.78. The quantitative estimate of drug-likeness (QED) is 0.388. The highest BCUT2D eigenvalue weighted by Gasteiger charge is 2.16. The maximum Gasteiger partial charge on any atom is 0.268 e. The number of nitrogens with two attached hydrogens (primary N) is 1. The molecular weight excluding hydrogens is 268 g/mol. The van der Waals surface area contributed by atoms with Crippen LogP contribution in [0.2, 0.25) is 0 Å². The fourth-order valence-electron chi connectivity index (χ4n) is 2.35. The molecule has 6 heteroatoms. The Hall–Kier alpha value is -1.37. The van der Waals surface area contributed by atoms with Gasteiger partial charge in [0.15, 0.2) is 0 Å². The largest absolute Gasteiger partial charge is 0.467 e. The van der Waals surface area contributed by atoms with Crippen molar-refractivity contribution in [2.75, 3.05) is 32.7 Å². The zero-order chi connectivity index (χ0) is 15.7. The van der Waals surface area contributed by atoms with Gasteiger partial charge in [-0.25, -0.2) is 5.84 Å². The number of rotatable bonds is 10. The zero-order valence-electron chi connectivity index (χ0n) is 13.4. The van der Waals surface area contributed by atoms with Crippen LogP contribution in [0.15, 0.2) is 16.7 Å². The average Bonchev–Trinajstić information content (AvgIpc) is 2.97. The van der Waals surface area contributed by atoms with E-state index in [4.69, 9.17) is 10.3 Å². The zero-order valence-corrected chi connectivity index (χ0v) is 13.4. The minimum Gasteiger partial charge on any atom is -0.467 e. The summed E-state index contributed by atoms with van der Waals surface area (Å²) in [6.07, 6.45) is 2.64. The monoisotopic (exact) mass is 296 g/mol. The van der Waals surface area contributed by atoms with Crippen LogP contribution in [0.4, 0.5) is 0 Å². The molecule has 0 saturated carbocycles. The summed E-state index contributed by atoms with van der Waals surface area (Å²) >= 11 is 0. The molecule has 0 aromatic carbocycles. The fourth-order valence-corrected chi connectivity index (χ4v) is 2.35. The van der Waals surface area contributed by atoms with Crippen LogP contribution >= 0.6 is 0 Å². The first-order valence-electron chi connectivity index (χ1n) is 7.68. The molecule has 0 aliphatic heterocycles. The second-order valence-corrected chi connectivity index (χ2v) is 4.98. The molecule has 0 fully saturated rings. The molecule has 0 radical (unpaired) electrons. The van der Waals surface area contributed by atoms with E-state index in [9.17, 15) is 4.79 Å². The van der Waals surface area contributed by atoms with Crippen LogP contribution in [0.25, 0.3) is 0 Å². The highest BCUT2D eigenvalue weighted by molar-refractivity contribution is 5.94. The van der Waals surface area contributed by atoms with Crippen molar-refractivity contribution in [3.8, 4) is 0 Å². The van der Waals surface area contributed by atoms with Gasteiger partial charge in [0.05, 0.1) is 18.4 Å². The number of nitrogen functional groups attached to an aromatic ring is 1. The lowest BCUT2D eigenvalue weighted by atomic mass is 10.2. The lowest BCUT2D eigenvalue weighted by Crippen LogP contribution is -2.32. The molecule has 0 spiro atoms. The first-order valence-corrected chi connectivity index (χ1v) is 7.68. The van der Waals surface area contributed by atoms with E-state index in [0.717, 1.165) is 39.1 Å². The summed E-state index contributed by atoms with van der Waals surface area (Å²) < 4.78 is 5.42. The molecule has 1 heterocycles. The van der Waals surface area contributed by atoms with Gasteiger partial charge in [0, 0.05) is 0 Å². The van der Waals surface area contributed by atoms with Crippen LogP contribution in [0.1, 0.15) is 43.3 Å². The van der Waals surface area contributed by atoms with Crippen LogP contribution in [0.3, 0.4) is 0 Å². The van der Waals surface area contributed by atoms with Gasteiger partial charge in [-0.15, -0.1) is 0 Å². The summed E-state index contributed by atoms with van der Waals surface area (Å²) in [6, 6.07) is 1.65. The van der Waals surface area contributed by atoms with E-state index in [1.54, 1.807) is 6.07 Å². The predicted octanol–water partition coefficient (Wildman–Crippen LogP) is 1.44. The standard InChI is InChI=1S/C15H28N4O2/c1-4-18(5-2)9-7-10-19(6-3)12-14-13(8-11-21-14)15(20)17-16/h8,11H,4-7,9-10,12,16H2,1-3H3,(H,17,20). The van der Waals surface area contributed by atoms with Crippen LogP contribution in [-0.2, 0) is 6.54 Å². The molecule has 21 heavy (non-hydrogen) atoms. The summed E-state index contributed by atoms with van der Waals surface area (Å²) in [5, 5.41) is 0. The van der Waals surface area contributed by atoms with E-state index in [1.807, 2.05) is 0 Å². The molecule has 1 aromatic rings. The fraction of sp³-hybridized carbons (Fsp3) is 0.667. The Labute approximate surface area is 127 Å². The number of carbonyl (C=O) groups is 1. The second kappa shape index (κ2) is 9.55. The number of hydrogen-bond donors (Lipinski definition) is 2. The van der Waals surface area contributed by atoms with E-state index in [1.165, 1.54) is 6.26 Å². The van der Waals surface area contributed by atoms with Crippen molar-refractivity contribution in [2.24, 2.45) is 5.84 Å². The van der Waals surface area contributed by atoms with E-state index in [0.29, 0.717) is 17.9 Å². The Kier molecular flexibility index (Phi) is 8.04. The van der Waals surface area contributed by atoms with E-state index in [-0.39, 0.29) is 5.91 Å². The van der Waals surface area contributed by atoms with Crippen molar-refractivity contribution in [3.63, 3.8) is 0 Å². The maximum absolute atomic E-state index is 11.6. The first kappa shape index (κ1) is 17.7. The molecule has 0 aliphatic carbocycles. The number of carbonyl (C=O) groups excluding carboxylic acids is 1. The Bertz CT molecular complexity index is 416. The molecule has 120 valence electrons. The number of nitrogens with one attached hydrogen (secondary N) is 1. The molecule has 0 bridgehead atoms. The van der Waals surface area contributed by atoms with Crippen LogP contribution in [0.5, 0.6) is 0 Å². The average molecular weight is 296 g/mol. The van der Waals surface area contributed by atoms with Gasteiger partial charge < -0.3 is 9.32 Å². The van der Waals surface area contributed by atoms with Crippen molar-refractivity contribution in [1.29, 1.82) is 0 Å². The van der Waals surface area contributed by atoms with Crippen molar-refractivity contribution in [3.05, 3.63) is 23.7 Å². The van der Waals surface area contributed by atoms with Gasteiger partial charge in [-0.05, 0) is 45.2 Å². The van der Waals surface area contributed by atoms with Crippen molar-refractivity contribution < 1.29 is 9.21 Å². The highest BCUT2D eigenvalue weighted by atomic mass is 16.3. The highest BCUT2D eigenvalue weighted by Crippen LogP contribution is 2.13. The molecule has 0 saturated heterocycles. The van der Waals surface area contributed by atoms with E-state index in [2.05, 4.69) is 36.0 Å². The summed E-state index contributed by atoms with van der Waals surface area (Å²) in [5.41, 5.74) is 2.66. The summed E-state index contributed by atoms with van der Waals surface area (Å²) in [5.74, 6) is 5.54. The van der Waals surface area contributed by atoms with Gasteiger partial charge in [-0.3, -0.25) is 15.1 Å². The third kappa shape index (κ3) is 5.49. The van der Waals surface area contributed by atoms with Crippen LogP contribution in [-0.4, -0.2) is 48.4 Å². The molecule has 0 unspecified atom stereocenters. The lowest BCUT2D eigenvalue weighted by Gasteiger charge is -2.22. The van der Waals surface area contributed by atoms with Crippen LogP contribution in [0, 0.1) is 0 Å². The van der Waals surface area contributed by atoms with Crippen molar-refractivity contribution >= 4 is 5.91 Å². The van der Waals surface area contributed by atoms with Gasteiger partial charge in [0.1, 0.15) is 5.76 Å². The Morgan fingerprint density at radius 2 is 1.81 bits per heavy atom. The Morgan fingerprint density at radius 3 is 2.38 bits per heavy atom. The molecular formula is C15H28N4O2. The topological polar surface area (TPSA) is 74.7 Å². The second-order valence-electron chi connectivity index (χ2n) is 4.98. The summed E-state index contributed by atoms with van der Waals surface area (Å²) in [6.45, 7) is 12.3. The number of furan rings is 1. The molecule has 1 aromatic heterocycles. The first-order chi connectivity index (χ1) is 10.2. The minimum atomic E-state index is -0.307. The molecule has 3 N–H and O–H groups in total. The van der Waals surface area contributed by atoms with Crippen molar-refractivity contribution in [2.45, 2.75) is 33.7 Å². The maximum atomic E-state index is 11.6. The predicted molar refractivity (Wildman–Crippen MR) is 83.7 cm³/mol. The van der Waals surface area contributed by atoms with Gasteiger partial charge in [-0.2, -0.15) is 0 Å². The van der Waals surface area contributed by atoms with E-state index < -0.39 is 0 Å². The van der Waals surface area contributed by atoms with Gasteiger partial charge in [-0.1, -0.05) is 20.8 Å². The lowest BCUT2D eigenvalue weighted by molar-refractivity contribution is 0.0949. The molecule has 1 rings (SSSR count). The van der Waals surface area contributed by atoms with Crippen molar-refractivity contribution in [1.82, 2.24) is 15.2 Å². The Morgan fingerprint density at radius 1 is 1.19 bits per heavy atom. The molecule has 6 nitrogen and oxygen atoms in total. The summed E-state index contributed by atoms with van der Waals surface area (Å²) in [4.78, 5) is 16.3. The minimum absolute atomic E-state index is 0.307. The van der Waals surface area contributed by atoms with E-state index >= 15 is 0 Å². The number of hydrogen-bond acceptors (Lipinski definition) is 5. The SMILES string of the molecule is CCN(CC)CCCN(CC)Cc1occc1C(=O)NN. The smallest absolute Gasteiger partial charge is 0.268 e. The third-order valence-corrected chi connectivity index (χ3v) is 3.78. The number of nitrogens with zero attached hydrogens (tertiary/aromatic N) is 2. The normalized spacial score (nSPS) is 11.3. The van der Waals surface area contributed by atoms with Gasteiger partial charge in [0.25, 0.3) is 5.91 Å². The van der Waals surface area contributed by atoms with Gasteiger partial charge >= 0.3 is 0 Å². The summed E-state index contributed by atoms with van der Waals surface area (Å²) in [7, 11) is 0. The van der Waals surface area contributed by atoms with Gasteiger partial charge in [0.2, 0.25) is 0 Å². The Balaban J connectivity index is 2.51. The number of amides is 1. The molecule has 0 aliphatic rings. The molecule has 0 atom stereocenters.